The number of benzene rings is 1. The summed E-state index contributed by atoms with van der Waals surface area (Å²) >= 11 is 0. The molecule has 106 valence electrons. The number of aromatic nitrogens is 3. The summed E-state index contributed by atoms with van der Waals surface area (Å²) in [5, 5.41) is 10.5. The van der Waals surface area contributed by atoms with Crippen LogP contribution in [0.25, 0.3) is 11.0 Å². The van der Waals surface area contributed by atoms with E-state index in [2.05, 4.69) is 20.5 Å². The Morgan fingerprint density at radius 1 is 1.38 bits per heavy atom. The maximum atomic E-state index is 13.1. The van der Waals surface area contributed by atoms with Crippen molar-refractivity contribution in [1.29, 1.82) is 0 Å². The number of fused-ring (bicyclic) bond motifs is 1. The van der Waals surface area contributed by atoms with Crippen molar-refractivity contribution >= 4 is 22.6 Å². The number of H-pyrrole nitrogens is 1. The van der Waals surface area contributed by atoms with Gasteiger partial charge in [-0.2, -0.15) is 5.10 Å². The zero-order valence-corrected chi connectivity index (χ0v) is 11.4. The third kappa shape index (κ3) is 2.89. The Labute approximate surface area is 120 Å². The van der Waals surface area contributed by atoms with Gasteiger partial charge in [-0.3, -0.25) is 9.89 Å². The summed E-state index contributed by atoms with van der Waals surface area (Å²) in [5.41, 5.74) is 2.71. The number of rotatable bonds is 3. The molecule has 6 heteroatoms. The summed E-state index contributed by atoms with van der Waals surface area (Å²) in [7, 11) is 0. The first kappa shape index (κ1) is 13.2. The third-order valence-electron chi connectivity index (χ3n) is 3.14. The summed E-state index contributed by atoms with van der Waals surface area (Å²) in [6, 6.07) is 7.80. The van der Waals surface area contributed by atoms with Crippen molar-refractivity contribution < 1.29 is 9.18 Å². The van der Waals surface area contributed by atoms with Crippen LogP contribution in [0.2, 0.25) is 0 Å². The minimum absolute atomic E-state index is 0.111. The van der Waals surface area contributed by atoms with Gasteiger partial charge in [-0.15, -0.1) is 0 Å². The van der Waals surface area contributed by atoms with Crippen molar-refractivity contribution in [3.63, 3.8) is 0 Å². The second-order valence-electron chi connectivity index (χ2n) is 4.80. The molecule has 2 N–H and O–H groups in total. The third-order valence-corrected chi connectivity index (χ3v) is 3.14. The molecule has 0 spiro atoms. The SMILES string of the molecule is Cc1[nH]nc2ncc(NC(=O)Cc3cccc(F)c3)cc12. The topological polar surface area (TPSA) is 70.7 Å². The van der Waals surface area contributed by atoms with Crippen LogP contribution in [0.3, 0.4) is 0 Å². The van der Waals surface area contributed by atoms with Crippen LogP contribution in [0.5, 0.6) is 0 Å². The summed E-state index contributed by atoms with van der Waals surface area (Å²) in [6.45, 7) is 1.88. The van der Waals surface area contributed by atoms with E-state index in [9.17, 15) is 9.18 Å². The van der Waals surface area contributed by atoms with Crippen LogP contribution in [-0.2, 0) is 11.2 Å². The molecule has 5 nitrogen and oxygen atoms in total. The van der Waals surface area contributed by atoms with E-state index in [-0.39, 0.29) is 18.1 Å². The highest BCUT2D eigenvalue weighted by molar-refractivity contribution is 5.94. The number of aryl methyl sites for hydroxylation is 1. The van der Waals surface area contributed by atoms with Gasteiger partial charge >= 0.3 is 0 Å². The standard InChI is InChI=1S/C15H13FN4O/c1-9-13-7-12(8-17-15(13)20-19-9)18-14(21)6-10-3-2-4-11(16)5-10/h2-5,7-8H,6H2,1H3,(H,18,21)(H,17,19,20). The molecule has 0 aliphatic heterocycles. The molecular weight excluding hydrogens is 271 g/mol. The van der Waals surface area contributed by atoms with E-state index in [0.29, 0.717) is 16.9 Å². The number of nitrogens with one attached hydrogen (secondary N) is 2. The lowest BCUT2D eigenvalue weighted by molar-refractivity contribution is -0.115. The van der Waals surface area contributed by atoms with Gasteiger partial charge in [-0.05, 0) is 30.7 Å². The van der Waals surface area contributed by atoms with E-state index >= 15 is 0 Å². The fourth-order valence-electron chi connectivity index (χ4n) is 2.13. The molecule has 0 bridgehead atoms. The minimum atomic E-state index is -0.350. The van der Waals surface area contributed by atoms with Crippen LogP contribution >= 0.6 is 0 Å². The lowest BCUT2D eigenvalue weighted by Gasteiger charge is -2.05. The molecule has 3 aromatic rings. The Morgan fingerprint density at radius 2 is 2.24 bits per heavy atom. The Bertz CT molecular complexity index is 812. The first-order valence-corrected chi connectivity index (χ1v) is 6.47. The highest BCUT2D eigenvalue weighted by Crippen LogP contribution is 2.17. The van der Waals surface area contributed by atoms with E-state index < -0.39 is 0 Å². The van der Waals surface area contributed by atoms with Crippen LogP contribution in [0.4, 0.5) is 10.1 Å². The van der Waals surface area contributed by atoms with Crippen molar-refractivity contribution in [3.8, 4) is 0 Å². The maximum Gasteiger partial charge on any atom is 0.228 e. The molecule has 0 radical (unpaired) electrons. The van der Waals surface area contributed by atoms with Gasteiger partial charge in [0, 0.05) is 11.1 Å². The average molecular weight is 284 g/mol. The molecule has 2 heterocycles. The molecule has 0 aliphatic rings. The lowest BCUT2D eigenvalue weighted by Crippen LogP contribution is -2.14. The molecular formula is C15H13FN4O. The summed E-state index contributed by atoms with van der Waals surface area (Å²) in [5.74, 6) is -0.569. The highest BCUT2D eigenvalue weighted by atomic mass is 19.1. The van der Waals surface area contributed by atoms with Crippen molar-refractivity contribution in [3.05, 3.63) is 53.6 Å². The number of nitrogens with zero attached hydrogens (tertiary/aromatic N) is 2. The van der Waals surface area contributed by atoms with Gasteiger partial charge in [0.2, 0.25) is 5.91 Å². The van der Waals surface area contributed by atoms with E-state index in [1.165, 1.54) is 12.1 Å². The quantitative estimate of drug-likeness (QED) is 0.776. The number of amides is 1. The van der Waals surface area contributed by atoms with Gasteiger partial charge in [-0.1, -0.05) is 12.1 Å². The first-order valence-electron chi connectivity index (χ1n) is 6.47. The maximum absolute atomic E-state index is 13.1. The second-order valence-corrected chi connectivity index (χ2v) is 4.80. The van der Waals surface area contributed by atoms with Gasteiger partial charge in [0.05, 0.1) is 18.3 Å². The van der Waals surface area contributed by atoms with Crippen LogP contribution in [0, 0.1) is 12.7 Å². The molecule has 2 aromatic heterocycles. The van der Waals surface area contributed by atoms with Gasteiger partial charge in [-0.25, -0.2) is 9.37 Å². The van der Waals surface area contributed by atoms with Crippen LogP contribution in [-0.4, -0.2) is 21.1 Å². The number of anilines is 1. The fourth-order valence-corrected chi connectivity index (χ4v) is 2.13. The van der Waals surface area contributed by atoms with E-state index in [1.807, 2.05) is 13.0 Å². The number of pyridine rings is 1. The van der Waals surface area contributed by atoms with Gasteiger partial charge in [0.1, 0.15) is 5.82 Å². The predicted octanol–water partition coefficient (Wildman–Crippen LogP) is 2.59. The van der Waals surface area contributed by atoms with Crippen molar-refractivity contribution in [2.24, 2.45) is 0 Å². The van der Waals surface area contributed by atoms with Crippen molar-refractivity contribution in [2.75, 3.05) is 5.32 Å². The fraction of sp³-hybridized carbons (Fsp3) is 0.133. The summed E-state index contributed by atoms with van der Waals surface area (Å²) in [6.07, 6.45) is 1.66. The molecule has 1 aromatic carbocycles. The molecule has 0 aliphatic carbocycles. The first-order chi connectivity index (χ1) is 10.1. The van der Waals surface area contributed by atoms with Crippen molar-refractivity contribution in [1.82, 2.24) is 15.2 Å². The molecule has 0 saturated carbocycles. The average Bonchev–Trinajstić information content (AvgIpc) is 2.80. The Morgan fingerprint density at radius 3 is 3.05 bits per heavy atom. The van der Waals surface area contributed by atoms with E-state index in [0.717, 1.165) is 11.1 Å². The Hall–Kier alpha value is -2.76. The minimum Gasteiger partial charge on any atom is -0.324 e. The largest absolute Gasteiger partial charge is 0.324 e. The molecule has 0 atom stereocenters. The zero-order chi connectivity index (χ0) is 14.8. The number of aromatic amines is 1. The van der Waals surface area contributed by atoms with Crippen LogP contribution < -0.4 is 5.32 Å². The number of carbonyl (C=O) groups is 1. The normalized spacial score (nSPS) is 10.8. The molecule has 0 saturated heterocycles. The van der Waals surface area contributed by atoms with E-state index in [4.69, 9.17) is 0 Å². The predicted molar refractivity (Wildman–Crippen MR) is 77.4 cm³/mol. The number of carbonyl (C=O) groups excluding carboxylic acids is 1. The number of hydrogen-bond donors (Lipinski definition) is 2. The molecule has 3 rings (SSSR count). The monoisotopic (exact) mass is 284 g/mol. The molecule has 0 fully saturated rings. The zero-order valence-electron chi connectivity index (χ0n) is 11.4. The summed E-state index contributed by atoms with van der Waals surface area (Å²) < 4.78 is 13.1. The lowest BCUT2D eigenvalue weighted by atomic mass is 10.1. The van der Waals surface area contributed by atoms with Gasteiger partial charge in [0.15, 0.2) is 5.65 Å². The molecule has 0 unspecified atom stereocenters. The molecule has 21 heavy (non-hydrogen) atoms. The Kier molecular flexibility index (Phi) is 3.35. The summed E-state index contributed by atoms with van der Waals surface area (Å²) in [4.78, 5) is 16.1. The van der Waals surface area contributed by atoms with Gasteiger partial charge in [0.25, 0.3) is 0 Å². The van der Waals surface area contributed by atoms with Gasteiger partial charge < -0.3 is 5.32 Å². The number of halogens is 1. The Balaban J connectivity index is 1.75. The smallest absolute Gasteiger partial charge is 0.228 e. The second kappa shape index (κ2) is 5.32. The molecule has 1 amide bonds. The van der Waals surface area contributed by atoms with Crippen LogP contribution in [0.15, 0.2) is 36.5 Å². The number of hydrogen-bond acceptors (Lipinski definition) is 3. The highest BCUT2D eigenvalue weighted by Gasteiger charge is 2.08. The van der Waals surface area contributed by atoms with Crippen molar-refractivity contribution in [2.45, 2.75) is 13.3 Å². The van der Waals surface area contributed by atoms with E-state index in [1.54, 1.807) is 18.3 Å². The van der Waals surface area contributed by atoms with Crippen LogP contribution in [0.1, 0.15) is 11.3 Å².